The molecule has 15 heteroatoms. The maximum atomic E-state index is 14.2. The first-order valence-electron chi connectivity index (χ1n) is 19.0. The number of carbonyl (C=O) groups excluding carboxylic acids is 2. The van der Waals surface area contributed by atoms with Gasteiger partial charge in [0.1, 0.15) is 17.0 Å². The zero-order valence-electron chi connectivity index (χ0n) is 30.6. The second-order valence-corrected chi connectivity index (χ2v) is 16.5. The maximum absolute atomic E-state index is 14.2. The number of carbonyl (C=O) groups is 2. The fourth-order valence-electron chi connectivity index (χ4n) is 8.59. The molecular weight excluding hydrogens is 672 g/mol. The molecule has 2 N–H and O–H groups in total. The number of nitrogens with zero attached hydrogens (tertiary/aromatic N) is 8. The molecule has 1 aliphatic carbocycles. The van der Waals surface area contributed by atoms with Crippen molar-refractivity contribution in [2.75, 3.05) is 56.0 Å². The molecule has 52 heavy (non-hydrogen) atoms. The summed E-state index contributed by atoms with van der Waals surface area (Å²) in [6, 6.07) is 1.75. The Morgan fingerprint density at radius 2 is 1.77 bits per heavy atom. The standard InChI is InChI=1S/C37H53F2N9O4/c1-36(2,3)52-35(51)45-19-13-37(14-20-45)11-6-25(7-12-37)22-44-16-8-26(9-17-44)48-24-29(31(43-48)32(38)39)41-34(50)28-21-40-47-18-10-30(42-33(28)47)46-15-4-5-27(49)23-46/h10,18,21,24-27,32,49H,4-9,11-17,19-20,22-23H2,1-3H3,(H,41,50)/t27-/m0/s1. The van der Waals surface area contributed by atoms with E-state index in [9.17, 15) is 23.5 Å². The van der Waals surface area contributed by atoms with E-state index in [0.717, 1.165) is 77.8 Å². The molecule has 1 saturated carbocycles. The van der Waals surface area contributed by atoms with Crippen molar-refractivity contribution in [3.8, 4) is 0 Å². The van der Waals surface area contributed by atoms with Gasteiger partial charge in [-0.3, -0.25) is 9.48 Å². The van der Waals surface area contributed by atoms with Crippen molar-refractivity contribution in [2.24, 2.45) is 11.3 Å². The summed E-state index contributed by atoms with van der Waals surface area (Å²) < 4.78 is 37.1. The zero-order valence-corrected chi connectivity index (χ0v) is 30.6. The summed E-state index contributed by atoms with van der Waals surface area (Å²) in [5.41, 5.74) is -0.125. The number of ether oxygens (including phenoxy) is 1. The van der Waals surface area contributed by atoms with Crippen molar-refractivity contribution in [3.05, 3.63) is 35.9 Å². The molecule has 13 nitrogen and oxygen atoms in total. The number of alkyl halides is 2. The van der Waals surface area contributed by atoms with E-state index in [1.807, 2.05) is 30.6 Å². The van der Waals surface area contributed by atoms with Crippen molar-refractivity contribution in [1.82, 2.24) is 34.2 Å². The minimum absolute atomic E-state index is 0.00912. The SMILES string of the molecule is CC(C)(C)OC(=O)N1CCC2(CCC(CN3CCC(n4cc(NC(=O)c5cnn6ccc(N7CCC[C@H](O)C7)nc56)c(C(F)F)n4)CC3)CC2)CC1. The van der Waals surface area contributed by atoms with Crippen LogP contribution in [0.25, 0.3) is 5.65 Å². The Labute approximate surface area is 303 Å². The van der Waals surface area contributed by atoms with Gasteiger partial charge in [-0.05, 0) is 102 Å². The van der Waals surface area contributed by atoms with Crippen LogP contribution in [0.2, 0.25) is 0 Å². The van der Waals surface area contributed by atoms with Crippen molar-refractivity contribution in [3.63, 3.8) is 0 Å². The average Bonchev–Trinajstić information content (AvgIpc) is 3.74. The quantitative estimate of drug-likeness (QED) is 0.305. The Morgan fingerprint density at radius 3 is 2.44 bits per heavy atom. The predicted octanol–water partition coefficient (Wildman–Crippen LogP) is 5.92. The molecule has 4 fully saturated rings. The summed E-state index contributed by atoms with van der Waals surface area (Å²) in [6.07, 6.45) is 11.1. The number of aromatic nitrogens is 5. The summed E-state index contributed by atoms with van der Waals surface area (Å²) in [5.74, 6) is 0.676. The van der Waals surface area contributed by atoms with E-state index in [0.29, 0.717) is 29.3 Å². The van der Waals surface area contributed by atoms with Crippen LogP contribution >= 0.6 is 0 Å². The van der Waals surface area contributed by atoms with Crippen LogP contribution in [0.15, 0.2) is 24.7 Å². The highest BCUT2D eigenvalue weighted by atomic mass is 19.3. The van der Waals surface area contributed by atoms with E-state index < -0.39 is 29.7 Å². The minimum atomic E-state index is -2.85. The largest absolute Gasteiger partial charge is 0.444 e. The van der Waals surface area contributed by atoms with Gasteiger partial charge in [-0.15, -0.1) is 0 Å². The number of amides is 2. The highest BCUT2D eigenvalue weighted by molar-refractivity contribution is 6.08. The number of piperidine rings is 3. The Kier molecular flexibility index (Phi) is 10.4. The van der Waals surface area contributed by atoms with Crippen LogP contribution in [-0.2, 0) is 4.74 Å². The molecule has 0 aromatic carbocycles. The van der Waals surface area contributed by atoms with Gasteiger partial charge in [0, 0.05) is 58.2 Å². The molecule has 3 saturated heterocycles. The molecule has 6 heterocycles. The summed E-state index contributed by atoms with van der Waals surface area (Å²) in [5, 5.41) is 21.3. The molecule has 4 aliphatic rings. The molecule has 1 atom stereocenters. The summed E-state index contributed by atoms with van der Waals surface area (Å²) in [4.78, 5) is 37.0. The fourth-order valence-corrected chi connectivity index (χ4v) is 8.59. The van der Waals surface area contributed by atoms with E-state index in [-0.39, 0.29) is 23.4 Å². The summed E-state index contributed by atoms with van der Waals surface area (Å²) in [6.45, 7) is 11.2. The number of rotatable bonds is 7. The van der Waals surface area contributed by atoms with Crippen molar-refractivity contribution >= 4 is 29.2 Å². The van der Waals surface area contributed by atoms with E-state index in [2.05, 4.69) is 25.4 Å². The number of aliphatic hydroxyl groups is 1. The maximum Gasteiger partial charge on any atom is 0.410 e. The lowest BCUT2D eigenvalue weighted by molar-refractivity contribution is -0.000378. The highest BCUT2D eigenvalue weighted by Crippen LogP contribution is 2.47. The molecule has 3 aliphatic heterocycles. The van der Waals surface area contributed by atoms with Crippen molar-refractivity contribution < 1.29 is 28.2 Å². The molecule has 0 radical (unpaired) electrons. The third-order valence-electron chi connectivity index (χ3n) is 11.6. The van der Waals surface area contributed by atoms with Gasteiger partial charge in [-0.1, -0.05) is 0 Å². The van der Waals surface area contributed by atoms with Gasteiger partial charge in [-0.25, -0.2) is 23.1 Å². The van der Waals surface area contributed by atoms with Crippen LogP contribution < -0.4 is 10.2 Å². The minimum Gasteiger partial charge on any atom is -0.444 e. The first-order chi connectivity index (χ1) is 24.8. The van der Waals surface area contributed by atoms with Gasteiger partial charge < -0.3 is 29.9 Å². The van der Waals surface area contributed by atoms with E-state index in [1.165, 1.54) is 42.6 Å². The number of fused-ring (bicyclic) bond motifs is 1. The van der Waals surface area contributed by atoms with E-state index in [4.69, 9.17) is 4.74 Å². The molecule has 284 valence electrons. The lowest BCUT2D eigenvalue weighted by atomic mass is 9.65. The molecule has 0 unspecified atom stereocenters. The fraction of sp³-hybridized carbons (Fsp3) is 0.703. The molecule has 7 rings (SSSR count). The molecule has 3 aromatic heterocycles. The monoisotopic (exact) mass is 725 g/mol. The van der Waals surface area contributed by atoms with Crippen LogP contribution in [-0.4, -0.2) is 109 Å². The van der Waals surface area contributed by atoms with Crippen LogP contribution in [0.5, 0.6) is 0 Å². The number of hydrogen-bond acceptors (Lipinski definition) is 9. The van der Waals surface area contributed by atoms with Crippen molar-refractivity contribution in [2.45, 2.75) is 109 Å². The molecule has 1 spiro atoms. The van der Waals surface area contributed by atoms with E-state index in [1.54, 1.807) is 16.9 Å². The topological polar surface area (TPSA) is 133 Å². The zero-order chi connectivity index (χ0) is 36.6. The number of β-amino-alcohol motifs (C(OH)–C–C–N with tert-alkyl or cyclic N) is 1. The van der Waals surface area contributed by atoms with Gasteiger partial charge in [0.25, 0.3) is 12.3 Å². The van der Waals surface area contributed by atoms with E-state index >= 15 is 0 Å². The first-order valence-corrected chi connectivity index (χ1v) is 19.0. The van der Waals surface area contributed by atoms with Gasteiger partial charge >= 0.3 is 6.09 Å². The van der Waals surface area contributed by atoms with Crippen LogP contribution in [0.1, 0.15) is 113 Å². The van der Waals surface area contributed by atoms with Crippen LogP contribution in [0, 0.1) is 11.3 Å². The van der Waals surface area contributed by atoms with Gasteiger partial charge in [-0.2, -0.15) is 10.2 Å². The Morgan fingerprint density at radius 1 is 1.04 bits per heavy atom. The normalized spacial score (nSPS) is 22.4. The molecular formula is C37H53F2N9O4. The average molecular weight is 726 g/mol. The Balaban J connectivity index is 0.912. The lowest BCUT2D eigenvalue weighted by Crippen LogP contribution is -2.47. The number of likely N-dealkylation sites (tertiary alicyclic amines) is 2. The van der Waals surface area contributed by atoms with Gasteiger partial charge in [0.05, 0.1) is 24.0 Å². The van der Waals surface area contributed by atoms with Gasteiger partial charge in [0.2, 0.25) is 0 Å². The van der Waals surface area contributed by atoms with Gasteiger partial charge in [0.15, 0.2) is 11.3 Å². The Bertz CT molecular complexity index is 1710. The molecule has 3 aromatic rings. The second kappa shape index (κ2) is 14.9. The first kappa shape index (κ1) is 36.5. The number of hydrogen-bond donors (Lipinski definition) is 2. The third kappa shape index (κ3) is 8.19. The summed E-state index contributed by atoms with van der Waals surface area (Å²) >= 11 is 0. The Hall–Kier alpha value is -3.85. The molecule has 0 bridgehead atoms. The van der Waals surface area contributed by atoms with Crippen molar-refractivity contribution in [1.29, 1.82) is 0 Å². The lowest BCUT2D eigenvalue weighted by Gasteiger charge is -2.46. The van der Waals surface area contributed by atoms with Crippen LogP contribution in [0.3, 0.4) is 0 Å². The third-order valence-corrected chi connectivity index (χ3v) is 11.6. The number of halogens is 2. The molecule has 2 amide bonds. The number of aliphatic hydroxyl groups excluding tert-OH is 1. The summed E-state index contributed by atoms with van der Waals surface area (Å²) in [7, 11) is 0. The smallest absolute Gasteiger partial charge is 0.410 e. The highest BCUT2D eigenvalue weighted by Gasteiger charge is 2.40. The van der Waals surface area contributed by atoms with Crippen LogP contribution in [0.4, 0.5) is 25.1 Å². The number of anilines is 2. The second-order valence-electron chi connectivity index (χ2n) is 16.5. The predicted molar refractivity (Wildman–Crippen MR) is 192 cm³/mol. The number of nitrogens with one attached hydrogen (secondary N) is 1.